The van der Waals surface area contributed by atoms with Gasteiger partial charge in [-0.05, 0) is 31.9 Å². The minimum atomic E-state index is -0.612. The van der Waals surface area contributed by atoms with Gasteiger partial charge >= 0.3 is 0 Å². The number of hydrogen-bond acceptors (Lipinski definition) is 4. The molecule has 3 rings (SSSR count). The Hall–Kier alpha value is -2.08. The van der Waals surface area contributed by atoms with Crippen LogP contribution in [0.4, 0.5) is 4.39 Å². The first kappa shape index (κ1) is 13.9. The van der Waals surface area contributed by atoms with Gasteiger partial charge in [0.15, 0.2) is 5.78 Å². The predicted molar refractivity (Wildman–Crippen MR) is 75.1 cm³/mol. The lowest BCUT2D eigenvalue weighted by Gasteiger charge is -2.21. The summed E-state index contributed by atoms with van der Waals surface area (Å²) < 4.78 is 18.8. The summed E-state index contributed by atoms with van der Waals surface area (Å²) in [6.45, 7) is 2.58. The molecule has 5 nitrogen and oxygen atoms in total. The van der Waals surface area contributed by atoms with Gasteiger partial charge in [-0.1, -0.05) is 0 Å². The van der Waals surface area contributed by atoms with Crippen molar-refractivity contribution in [3.05, 3.63) is 39.7 Å². The maximum atomic E-state index is 13.5. The lowest BCUT2D eigenvalue weighted by Crippen LogP contribution is -2.21. The third-order valence-electron chi connectivity index (χ3n) is 3.78. The number of H-pyrrole nitrogens is 1. The number of hydrogen-bond donors (Lipinski definition) is 1. The molecular weight excluding hydrogens is 275 g/mol. The number of fused-ring (bicyclic) bond motifs is 1. The Morgan fingerprint density at radius 3 is 2.76 bits per heavy atom. The Balaban J connectivity index is 2.22. The van der Waals surface area contributed by atoms with E-state index in [2.05, 4.69) is 9.97 Å². The van der Waals surface area contributed by atoms with Gasteiger partial charge < -0.3 is 9.72 Å². The second-order valence-corrected chi connectivity index (χ2v) is 5.24. The predicted octanol–water partition coefficient (Wildman–Crippen LogP) is 2.16. The summed E-state index contributed by atoms with van der Waals surface area (Å²) in [4.78, 5) is 31.0. The summed E-state index contributed by atoms with van der Waals surface area (Å²) in [5, 5.41) is 0.107. The van der Waals surface area contributed by atoms with E-state index in [0.29, 0.717) is 19.0 Å². The fourth-order valence-corrected chi connectivity index (χ4v) is 2.66. The minimum Gasteiger partial charge on any atom is -0.381 e. The van der Waals surface area contributed by atoms with E-state index in [9.17, 15) is 14.0 Å². The summed E-state index contributed by atoms with van der Waals surface area (Å²) in [5.41, 5.74) is 0.00189. The Kier molecular flexibility index (Phi) is 3.55. The average molecular weight is 290 g/mol. The first-order valence-corrected chi connectivity index (χ1v) is 6.88. The molecular formula is C15H15FN2O3. The Morgan fingerprint density at radius 1 is 1.38 bits per heavy atom. The Bertz CT molecular complexity index is 763. The number of aromatic amines is 1. The number of nitrogens with one attached hydrogen (secondary N) is 1. The highest BCUT2D eigenvalue weighted by Crippen LogP contribution is 2.25. The fraction of sp³-hybridized carbons (Fsp3) is 0.400. The molecule has 110 valence electrons. The Labute approximate surface area is 120 Å². The zero-order chi connectivity index (χ0) is 15.0. The molecule has 1 aliphatic heterocycles. The van der Waals surface area contributed by atoms with Crippen LogP contribution in [0.15, 0.2) is 16.9 Å². The number of carbonyl (C=O) groups is 1. The second kappa shape index (κ2) is 5.37. The van der Waals surface area contributed by atoms with Crippen molar-refractivity contribution >= 4 is 16.7 Å². The highest BCUT2D eigenvalue weighted by atomic mass is 19.1. The molecule has 6 heteroatoms. The van der Waals surface area contributed by atoms with Gasteiger partial charge in [-0.25, -0.2) is 9.37 Å². The van der Waals surface area contributed by atoms with Gasteiger partial charge in [0.05, 0.1) is 10.9 Å². The normalized spacial score (nSPS) is 16.3. The summed E-state index contributed by atoms with van der Waals surface area (Å²) in [6.07, 6.45) is 1.54. The summed E-state index contributed by atoms with van der Waals surface area (Å²) in [5.74, 6) is -0.278. The zero-order valence-electron chi connectivity index (χ0n) is 11.6. The molecule has 0 aliphatic carbocycles. The molecule has 1 fully saturated rings. The van der Waals surface area contributed by atoms with Crippen molar-refractivity contribution in [3.63, 3.8) is 0 Å². The SMILES string of the molecule is CC(=O)c1cc(F)cc2c(=O)[nH]c(C3CCOCC3)nc12. The highest BCUT2D eigenvalue weighted by Gasteiger charge is 2.21. The van der Waals surface area contributed by atoms with Crippen molar-refractivity contribution < 1.29 is 13.9 Å². The van der Waals surface area contributed by atoms with Crippen LogP contribution in [0, 0.1) is 5.82 Å². The fourth-order valence-electron chi connectivity index (χ4n) is 2.66. The summed E-state index contributed by atoms with van der Waals surface area (Å²) >= 11 is 0. The maximum Gasteiger partial charge on any atom is 0.258 e. The first-order chi connectivity index (χ1) is 10.1. The molecule has 1 aromatic heterocycles. The van der Waals surface area contributed by atoms with E-state index in [-0.39, 0.29) is 28.2 Å². The van der Waals surface area contributed by atoms with E-state index in [1.807, 2.05) is 0 Å². The number of Topliss-reactive ketones (excluding diaryl/α,β-unsaturated/α-hetero) is 1. The molecule has 1 saturated heterocycles. The van der Waals surface area contributed by atoms with Crippen LogP contribution >= 0.6 is 0 Å². The van der Waals surface area contributed by atoms with Gasteiger partial charge in [-0.15, -0.1) is 0 Å². The topological polar surface area (TPSA) is 72.0 Å². The second-order valence-electron chi connectivity index (χ2n) is 5.24. The van der Waals surface area contributed by atoms with Gasteiger partial charge in [0, 0.05) is 24.7 Å². The summed E-state index contributed by atoms with van der Waals surface area (Å²) in [6, 6.07) is 2.24. The lowest BCUT2D eigenvalue weighted by molar-refractivity contribution is 0.0836. The van der Waals surface area contributed by atoms with Crippen LogP contribution in [-0.4, -0.2) is 29.0 Å². The van der Waals surface area contributed by atoms with Crippen molar-refractivity contribution in [2.75, 3.05) is 13.2 Å². The summed E-state index contributed by atoms with van der Waals surface area (Å²) in [7, 11) is 0. The zero-order valence-corrected chi connectivity index (χ0v) is 11.6. The molecule has 2 aromatic rings. The monoisotopic (exact) mass is 290 g/mol. The van der Waals surface area contributed by atoms with Crippen LogP contribution in [0.1, 0.15) is 41.9 Å². The molecule has 0 atom stereocenters. The van der Waals surface area contributed by atoms with E-state index in [1.54, 1.807) is 0 Å². The Morgan fingerprint density at radius 2 is 2.10 bits per heavy atom. The molecule has 0 saturated carbocycles. The third kappa shape index (κ3) is 2.58. The van der Waals surface area contributed by atoms with Crippen molar-refractivity contribution in [3.8, 4) is 0 Å². The highest BCUT2D eigenvalue weighted by molar-refractivity contribution is 6.05. The molecule has 0 bridgehead atoms. The third-order valence-corrected chi connectivity index (χ3v) is 3.78. The van der Waals surface area contributed by atoms with E-state index in [4.69, 9.17) is 4.74 Å². The van der Waals surface area contributed by atoms with E-state index in [1.165, 1.54) is 6.92 Å². The smallest absolute Gasteiger partial charge is 0.258 e. The molecule has 0 spiro atoms. The van der Waals surface area contributed by atoms with Crippen molar-refractivity contribution in [2.24, 2.45) is 0 Å². The van der Waals surface area contributed by atoms with Crippen LogP contribution in [0.5, 0.6) is 0 Å². The van der Waals surface area contributed by atoms with Crippen LogP contribution in [0.25, 0.3) is 10.9 Å². The molecule has 2 heterocycles. The average Bonchev–Trinajstić information content (AvgIpc) is 2.48. The maximum absolute atomic E-state index is 13.5. The molecule has 1 N–H and O–H groups in total. The van der Waals surface area contributed by atoms with Gasteiger partial charge in [0.25, 0.3) is 5.56 Å². The first-order valence-electron chi connectivity index (χ1n) is 6.88. The molecule has 21 heavy (non-hydrogen) atoms. The van der Waals surface area contributed by atoms with Crippen molar-refractivity contribution in [1.29, 1.82) is 0 Å². The van der Waals surface area contributed by atoms with Crippen LogP contribution in [0.2, 0.25) is 0 Å². The number of rotatable bonds is 2. The number of benzene rings is 1. The van der Waals surface area contributed by atoms with Gasteiger partial charge in [0.2, 0.25) is 0 Å². The minimum absolute atomic E-state index is 0.0979. The molecule has 1 aromatic carbocycles. The number of nitrogens with zero attached hydrogens (tertiary/aromatic N) is 1. The van der Waals surface area contributed by atoms with E-state index in [0.717, 1.165) is 25.0 Å². The molecule has 0 unspecified atom stereocenters. The largest absolute Gasteiger partial charge is 0.381 e. The number of ketones is 1. The molecule has 1 aliphatic rings. The number of carbonyl (C=O) groups excluding carboxylic acids is 1. The van der Waals surface area contributed by atoms with Crippen molar-refractivity contribution in [2.45, 2.75) is 25.7 Å². The van der Waals surface area contributed by atoms with Crippen LogP contribution < -0.4 is 5.56 Å². The van der Waals surface area contributed by atoms with Gasteiger partial charge in [-0.2, -0.15) is 0 Å². The number of halogens is 1. The lowest BCUT2D eigenvalue weighted by atomic mass is 9.99. The number of ether oxygens (including phenoxy) is 1. The number of aromatic nitrogens is 2. The standard InChI is InChI=1S/C15H15FN2O3/c1-8(19)11-6-10(16)7-12-13(11)17-14(18-15(12)20)9-2-4-21-5-3-9/h6-7,9H,2-5H2,1H3,(H,17,18,20). The van der Waals surface area contributed by atoms with Gasteiger partial charge in [0.1, 0.15) is 11.6 Å². The van der Waals surface area contributed by atoms with Gasteiger partial charge in [-0.3, -0.25) is 9.59 Å². The van der Waals surface area contributed by atoms with E-state index >= 15 is 0 Å². The van der Waals surface area contributed by atoms with E-state index < -0.39 is 11.4 Å². The quantitative estimate of drug-likeness (QED) is 0.860. The van der Waals surface area contributed by atoms with Crippen molar-refractivity contribution in [1.82, 2.24) is 9.97 Å². The van der Waals surface area contributed by atoms with Crippen LogP contribution in [-0.2, 0) is 4.74 Å². The molecule has 0 amide bonds. The van der Waals surface area contributed by atoms with Crippen LogP contribution in [0.3, 0.4) is 0 Å². The molecule has 0 radical (unpaired) electrons.